The highest BCUT2D eigenvalue weighted by Crippen LogP contribution is 2.33. The molecule has 0 aliphatic heterocycles. The maximum atomic E-state index is 13.2. The van der Waals surface area contributed by atoms with Crippen LogP contribution in [-0.2, 0) is 38.1 Å². The summed E-state index contributed by atoms with van der Waals surface area (Å²) < 4.78 is 31.3. The molecule has 0 bridgehead atoms. The van der Waals surface area contributed by atoms with Crippen LogP contribution in [0.5, 0.6) is 0 Å². The van der Waals surface area contributed by atoms with Gasteiger partial charge in [-0.05, 0) is 46.8 Å². The third-order valence-electron chi connectivity index (χ3n) is 8.11. The second-order valence-electron chi connectivity index (χ2n) is 11.8. The van der Waals surface area contributed by atoms with Gasteiger partial charge in [0.15, 0.2) is 40.2 Å². The van der Waals surface area contributed by atoms with E-state index in [2.05, 4.69) is 9.97 Å². The standard InChI is InChI=1S/C41H46N2O12/c1-8-11-12-13-15-18-24-34(41(5,39(49)51-7)32(45)22-10-3)55-37(47)30-27-53-35(43-30)25-20-17-14-16-19-23-33(54-36(46)29-26-52-28-42-29)40(4,38(48)50-6)31(44)21-9-2/h8-22,25-28,33-34H,23-24H2,1-7H3/b11-8+,13-12+,17-14+,18-15-,19-16-,21-9+,22-10+,25-20+. The Morgan fingerprint density at radius 1 is 0.673 bits per heavy atom. The molecular formula is C41H46N2O12. The topological polar surface area (TPSA) is 191 Å². The fourth-order valence-corrected chi connectivity index (χ4v) is 4.88. The van der Waals surface area contributed by atoms with Crippen LogP contribution in [0.2, 0.25) is 0 Å². The van der Waals surface area contributed by atoms with Gasteiger partial charge in [0.1, 0.15) is 24.7 Å². The Labute approximate surface area is 319 Å². The minimum absolute atomic E-state index is 0.00252. The van der Waals surface area contributed by atoms with Crippen LogP contribution < -0.4 is 0 Å². The molecule has 2 aromatic heterocycles. The van der Waals surface area contributed by atoms with Crippen LogP contribution in [0.4, 0.5) is 0 Å². The van der Waals surface area contributed by atoms with Crippen molar-refractivity contribution in [2.24, 2.45) is 10.8 Å². The second kappa shape index (κ2) is 22.6. The van der Waals surface area contributed by atoms with E-state index >= 15 is 0 Å². The molecule has 2 aromatic rings. The molecule has 0 N–H and O–H groups in total. The van der Waals surface area contributed by atoms with Gasteiger partial charge in [-0.3, -0.25) is 19.2 Å². The number of ketones is 2. The summed E-state index contributed by atoms with van der Waals surface area (Å²) in [6, 6.07) is 0. The summed E-state index contributed by atoms with van der Waals surface area (Å²) in [7, 11) is 2.27. The molecule has 0 radical (unpaired) electrons. The van der Waals surface area contributed by atoms with Crippen molar-refractivity contribution < 1.29 is 56.5 Å². The lowest BCUT2D eigenvalue weighted by molar-refractivity contribution is -0.164. The van der Waals surface area contributed by atoms with Crippen LogP contribution in [-0.4, -0.2) is 71.8 Å². The number of hydrogen-bond acceptors (Lipinski definition) is 14. The van der Waals surface area contributed by atoms with Crippen molar-refractivity contribution in [1.29, 1.82) is 0 Å². The maximum Gasteiger partial charge on any atom is 0.360 e. The quantitative estimate of drug-likeness (QED) is 0.0432. The number of aromatic nitrogens is 2. The van der Waals surface area contributed by atoms with Crippen molar-refractivity contribution in [3.63, 3.8) is 0 Å². The zero-order valence-corrected chi connectivity index (χ0v) is 31.8. The Balaban J connectivity index is 2.24. The zero-order chi connectivity index (χ0) is 40.9. The molecule has 0 aromatic carbocycles. The number of carbonyl (C=O) groups is 6. The van der Waals surface area contributed by atoms with Crippen LogP contribution in [0.1, 0.15) is 74.3 Å². The molecule has 0 saturated carbocycles. The number of carbonyl (C=O) groups excluding carboxylic acids is 6. The van der Waals surface area contributed by atoms with Gasteiger partial charge in [0, 0.05) is 18.9 Å². The van der Waals surface area contributed by atoms with E-state index in [1.807, 2.05) is 19.1 Å². The lowest BCUT2D eigenvalue weighted by Gasteiger charge is -2.31. The van der Waals surface area contributed by atoms with Crippen molar-refractivity contribution in [3.05, 3.63) is 127 Å². The van der Waals surface area contributed by atoms with Crippen molar-refractivity contribution in [2.75, 3.05) is 14.2 Å². The summed E-state index contributed by atoms with van der Waals surface area (Å²) >= 11 is 0. The molecule has 14 nitrogen and oxygen atoms in total. The first-order valence-corrected chi connectivity index (χ1v) is 17.1. The predicted molar refractivity (Wildman–Crippen MR) is 201 cm³/mol. The van der Waals surface area contributed by atoms with E-state index in [1.54, 1.807) is 68.5 Å². The van der Waals surface area contributed by atoms with Gasteiger partial charge in [0.05, 0.1) is 14.2 Å². The number of allylic oxidation sites excluding steroid dienone is 13. The molecule has 0 fully saturated rings. The number of ether oxygens (including phenoxy) is 4. The predicted octanol–water partition coefficient (Wildman–Crippen LogP) is 6.66. The number of hydrogen-bond donors (Lipinski definition) is 0. The minimum Gasteiger partial charge on any atom is -0.468 e. The molecule has 0 saturated heterocycles. The molecule has 0 amide bonds. The number of oxazole rings is 2. The molecule has 292 valence electrons. The highest BCUT2D eigenvalue weighted by Gasteiger charge is 2.51. The average Bonchev–Trinajstić information content (AvgIpc) is 3.90. The van der Waals surface area contributed by atoms with Gasteiger partial charge in [-0.2, -0.15) is 0 Å². The van der Waals surface area contributed by atoms with Gasteiger partial charge in [-0.1, -0.05) is 79.0 Å². The third kappa shape index (κ3) is 12.3. The van der Waals surface area contributed by atoms with E-state index in [9.17, 15) is 28.8 Å². The van der Waals surface area contributed by atoms with Crippen molar-refractivity contribution >= 4 is 41.5 Å². The molecule has 2 heterocycles. The van der Waals surface area contributed by atoms with Crippen molar-refractivity contribution in [1.82, 2.24) is 9.97 Å². The highest BCUT2D eigenvalue weighted by atomic mass is 16.6. The summed E-state index contributed by atoms with van der Waals surface area (Å²) in [5.41, 5.74) is -4.09. The third-order valence-corrected chi connectivity index (χ3v) is 8.11. The van der Waals surface area contributed by atoms with Crippen molar-refractivity contribution in [2.45, 2.75) is 59.7 Å². The van der Waals surface area contributed by atoms with E-state index in [-0.39, 0.29) is 30.1 Å². The van der Waals surface area contributed by atoms with Gasteiger partial charge in [-0.25, -0.2) is 19.6 Å². The summed E-state index contributed by atoms with van der Waals surface area (Å²) in [5, 5.41) is 0. The zero-order valence-electron chi connectivity index (χ0n) is 31.8. The van der Waals surface area contributed by atoms with Gasteiger partial charge >= 0.3 is 23.9 Å². The van der Waals surface area contributed by atoms with Gasteiger partial charge in [0.25, 0.3) is 0 Å². The Morgan fingerprint density at radius 3 is 1.62 bits per heavy atom. The van der Waals surface area contributed by atoms with E-state index < -0.39 is 58.5 Å². The molecule has 4 unspecified atom stereocenters. The first-order chi connectivity index (χ1) is 26.3. The molecule has 2 rings (SSSR count). The summed E-state index contributed by atoms with van der Waals surface area (Å²) in [6.07, 6.45) is 25.9. The average molecular weight is 759 g/mol. The molecule has 55 heavy (non-hydrogen) atoms. The lowest BCUT2D eigenvalue weighted by atomic mass is 9.78. The molecule has 0 aliphatic rings. The number of methoxy groups -OCH3 is 2. The number of rotatable bonds is 21. The molecule has 14 heteroatoms. The normalized spacial score (nSPS) is 15.7. The molecule has 4 atom stereocenters. The lowest BCUT2D eigenvalue weighted by Crippen LogP contribution is -2.48. The van der Waals surface area contributed by atoms with Crippen LogP contribution >= 0.6 is 0 Å². The molecule has 0 aliphatic carbocycles. The smallest absolute Gasteiger partial charge is 0.360 e. The number of esters is 4. The fraction of sp³-hybridized carbons (Fsp3) is 0.317. The van der Waals surface area contributed by atoms with Crippen LogP contribution in [0.25, 0.3) is 6.08 Å². The fourth-order valence-electron chi connectivity index (χ4n) is 4.88. The van der Waals surface area contributed by atoms with E-state index in [0.29, 0.717) is 0 Å². The number of nitrogens with zero attached hydrogens (tertiary/aromatic N) is 2. The first-order valence-electron chi connectivity index (χ1n) is 17.1. The molecule has 0 spiro atoms. The maximum absolute atomic E-state index is 13.2. The largest absolute Gasteiger partial charge is 0.468 e. The molecular weight excluding hydrogens is 712 g/mol. The van der Waals surface area contributed by atoms with Gasteiger partial charge < -0.3 is 27.8 Å². The second-order valence-corrected chi connectivity index (χ2v) is 11.8. The SMILES string of the molecule is C/C=C/C=C/C=C\CC(OC(=O)c1coc(/C=C/C=C/C=C\CC(OC(=O)c2cocn2)C(C)(C(=O)/C=C/C)C(=O)OC)n1)C(C)(C(=O)/C=C/C)C(=O)OC. The Bertz CT molecular complexity index is 1870. The summed E-state index contributed by atoms with van der Waals surface area (Å²) in [5.74, 6) is -4.79. The van der Waals surface area contributed by atoms with Crippen LogP contribution in [0.3, 0.4) is 0 Å². The van der Waals surface area contributed by atoms with Gasteiger partial charge in [0.2, 0.25) is 5.89 Å². The first kappa shape index (κ1) is 44.7. The van der Waals surface area contributed by atoms with E-state index in [4.69, 9.17) is 27.8 Å². The van der Waals surface area contributed by atoms with E-state index in [1.165, 1.54) is 44.2 Å². The van der Waals surface area contributed by atoms with Crippen LogP contribution in [0.15, 0.2) is 119 Å². The van der Waals surface area contributed by atoms with E-state index in [0.717, 1.165) is 33.1 Å². The van der Waals surface area contributed by atoms with Crippen molar-refractivity contribution in [3.8, 4) is 0 Å². The Kier molecular flexibility index (Phi) is 18.4. The Hall–Kier alpha value is -6.44. The summed E-state index contributed by atoms with van der Waals surface area (Å²) in [6.45, 7) is 7.78. The highest BCUT2D eigenvalue weighted by molar-refractivity contribution is 6.10. The monoisotopic (exact) mass is 758 g/mol. The van der Waals surface area contributed by atoms with Gasteiger partial charge in [-0.15, -0.1) is 0 Å². The summed E-state index contributed by atoms with van der Waals surface area (Å²) in [4.78, 5) is 85.8. The minimum atomic E-state index is -1.88. The Morgan fingerprint density at radius 2 is 1.16 bits per heavy atom. The van der Waals surface area contributed by atoms with Crippen LogP contribution in [0, 0.1) is 10.8 Å².